The van der Waals surface area contributed by atoms with Gasteiger partial charge in [-0.2, -0.15) is 4.98 Å². The molecular formula is C21H23N5O3. The van der Waals surface area contributed by atoms with Gasteiger partial charge < -0.3 is 14.2 Å². The predicted molar refractivity (Wildman–Crippen MR) is 105 cm³/mol. The summed E-state index contributed by atoms with van der Waals surface area (Å²) in [5.74, 6) is 1.89. The number of carbonyl (C=O) groups excluding carboxylic acids is 1. The van der Waals surface area contributed by atoms with Crippen LogP contribution in [0.25, 0.3) is 11.5 Å². The van der Waals surface area contributed by atoms with E-state index in [1.165, 1.54) is 0 Å². The maximum absolute atomic E-state index is 13.1. The van der Waals surface area contributed by atoms with Crippen molar-refractivity contribution >= 4 is 5.91 Å². The van der Waals surface area contributed by atoms with Crippen molar-refractivity contribution in [2.24, 2.45) is 5.92 Å². The lowest BCUT2D eigenvalue weighted by atomic mass is 9.94. The normalized spacial score (nSPS) is 16.6. The Morgan fingerprint density at radius 1 is 1.31 bits per heavy atom. The summed E-state index contributed by atoms with van der Waals surface area (Å²) in [6, 6.07) is 7.40. The van der Waals surface area contributed by atoms with E-state index in [0.29, 0.717) is 48.3 Å². The molecule has 1 aliphatic rings. The van der Waals surface area contributed by atoms with Crippen LogP contribution in [0.5, 0.6) is 5.75 Å². The number of hydrogen-bond acceptors (Lipinski definition) is 7. The van der Waals surface area contributed by atoms with E-state index in [1.54, 1.807) is 18.6 Å². The van der Waals surface area contributed by atoms with Crippen LogP contribution in [0.3, 0.4) is 0 Å². The van der Waals surface area contributed by atoms with E-state index in [0.717, 1.165) is 19.4 Å². The standard InChI is InChI=1S/C21H23N5O3/c1-2-28-18-8-4-3-7-16(18)21(27)26-11-5-6-15(14-26)12-19-24-20(25-29-19)17-13-22-9-10-23-17/h3-4,7-10,13,15H,2,5-6,11-12,14H2,1H3. The van der Waals surface area contributed by atoms with Crippen LogP contribution < -0.4 is 4.74 Å². The monoisotopic (exact) mass is 393 g/mol. The maximum atomic E-state index is 13.1. The second kappa shape index (κ2) is 8.81. The number of amides is 1. The van der Waals surface area contributed by atoms with Gasteiger partial charge in [-0.3, -0.25) is 9.78 Å². The fourth-order valence-electron chi connectivity index (χ4n) is 3.61. The Balaban J connectivity index is 1.43. The van der Waals surface area contributed by atoms with E-state index in [4.69, 9.17) is 9.26 Å². The largest absolute Gasteiger partial charge is 0.493 e. The quantitative estimate of drug-likeness (QED) is 0.635. The van der Waals surface area contributed by atoms with E-state index in [2.05, 4.69) is 20.1 Å². The zero-order valence-corrected chi connectivity index (χ0v) is 16.3. The van der Waals surface area contributed by atoms with Gasteiger partial charge >= 0.3 is 0 Å². The van der Waals surface area contributed by atoms with Crippen molar-refractivity contribution in [3.63, 3.8) is 0 Å². The molecule has 3 aromatic rings. The maximum Gasteiger partial charge on any atom is 0.257 e. The number of benzene rings is 1. The van der Waals surface area contributed by atoms with Gasteiger partial charge in [0.2, 0.25) is 11.7 Å². The third-order valence-corrected chi connectivity index (χ3v) is 4.95. The van der Waals surface area contributed by atoms with Crippen LogP contribution in [0.15, 0.2) is 47.4 Å². The van der Waals surface area contributed by atoms with Crippen LogP contribution >= 0.6 is 0 Å². The Hall–Kier alpha value is -3.29. The summed E-state index contributed by atoms with van der Waals surface area (Å²) in [7, 11) is 0. The van der Waals surface area contributed by atoms with Gasteiger partial charge in [0.1, 0.15) is 11.4 Å². The number of aromatic nitrogens is 4. The molecule has 2 aromatic heterocycles. The topological polar surface area (TPSA) is 94.2 Å². The van der Waals surface area contributed by atoms with Gasteiger partial charge in [0, 0.05) is 31.9 Å². The molecule has 1 unspecified atom stereocenters. The summed E-state index contributed by atoms with van der Waals surface area (Å²) in [4.78, 5) is 27.6. The lowest BCUT2D eigenvalue weighted by Gasteiger charge is -2.32. The highest BCUT2D eigenvalue weighted by Crippen LogP contribution is 2.25. The van der Waals surface area contributed by atoms with Crippen LogP contribution in [0, 0.1) is 5.92 Å². The van der Waals surface area contributed by atoms with E-state index in [-0.39, 0.29) is 11.8 Å². The van der Waals surface area contributed by atoms with E-state index in [9.17, 15) is 4.79 Å². The van der Waals surface area contributed by atoms with Crippen LogP contribution in [0.2, 0.25) is 0 Å². The molecule has 0 radical (unpaired) electrons. The van der Waals surface area contributed by atoms with Crippen molar-refractivity contribution in [1.82, 2.24) is 25.0 Å². The van der Waals surface area contributed by atoms with E-state index >= 15 is 0 Å². The van der Waals surface area contributed by atoms with Gasteiger partial charge in [0.25, 0.3) is 5.91 Å². The first-order chi connectivity index (χ1) is 14.2. The van der Waals surface area contributed by atoms with Gasteiger partial charge in [-0.1, -0.05) is 17.3 Å². The molecule has 3 heterocycles. The first-order valence-corrected chi connectivity index (χ1v) is 9.84. The van der Waals surface area contributed by atoms with Crippen LogP contribution in [-0.4, -0.2) is 50.6 Å². The average Bonchev–Trinajstić information content (AvgIpc) is 3.23. The Morgan fingerprint density at radius 2 is 2.21 bits per heavy atom. The smallest absolute Gasteiger partial charge is 0.257 e. The predicted octanol–water partition coefficient (Wildman–Crippen LogP) is 3.02. The van der Waals surface area contributed by atoms with Crippen LogP contribution in [0.4, 0.5) is 0 Å². The van der Waals surface area contributed by atoms with Crippen molar-refractivity contribution < 1.29 is 14.1 Å². The molecule has 0 aliphatic carbocycles. The number of ether oxygens (including phenoxy) is 1. The van der Waals surface area contributed by atoms with Crippen molar-refractivity contribution in [2.45, 2.75) is 26.2 Å². The number of para-hydroxylation sites is 1. The Morgan fingerprint density at radius 3 is 3.03 bits per heavy atom. The zero-order valence-electron chi connectivity index (χ0n) is 16.3. The molecule has 150 valence electrons. The van der Waals surface area contributed by atoms with Gasteiger partial charge in [0.15, 0.2) is 0 Å². The lowest BCUT2D eigenvalue weighted by Crippen LogP contribution is -2.40. The molecule has 29 heavy (non-hydrogen) atoms. The van der Waals surface area contributed by atoms with Gasteiger partial charge in [-0.05, 0) is 37.8 Å². The first kappa shape index (κ1) is 19.0. The fourth-order valence-corrected chi connectivity index (χ4v) is 3.61. The van der Waals surface area contributed by atoms with Crippen molar-refractivity contribution in [3.8, 4) is 17.3 Å². The van der Waals surface area contributed by atoms with E-state index in [1.807, 2.05) is 36.1 Å². The number of rotatable bonds is 6. The molecule has 1 aliphatic heterocycles. The van der Waals surface area contributed by atoms with Crippen LogP contribution in [-0.2, 0) is 6.42 Å². The summed E-state index contributed by atoms with van der Waals surface area (Å²) in [6.07, 6.45) is 7.38. The fraction of sp³-hybridized carbons (Fsp3) is 0.381. The molecule has 1 aromatic carbocycles. The second-order valence-electron chi connectivity index (χ2n) is 7.00. The first-order valence-electron chi connectivity index (χ1n) is 9.84. The highest BCUT2D eigenvalue weighted by atomic mass is 16.5. The summed E-state index contributed by atoms with van der Waals surface area (Å²) < 4.78 is 11.0. The Labute approximate surface area is 168 Å². The molecule has 8 nitrogen and oxygen atoms in total. The summed E-state index contributed by atoms with van der Waals surface area (Å²) in [6.45, 7) is 3.84. The number of carbonyl (C=O) groups is 1. The van der Waals surface area contributed by atoms with Crippen molar-refractivity contribution in [2.75, 3.05) is 19.7 Å². The third kappa shape index (κ3) is 4.42. The van der Waals surface area contributed by atoms with E-state index < -0.39 is 0 Å². The minimum Gasteiger partial charge on any atom is -0.493 e. The summed E-state index contributed by atoms with van der Waals surface area (Å²) in [5.41, 5.74) is 1.19. The summed E-state index contributed by atoms with van der Waals surface area (Å²) in [5, 5.41) is 4.00. The highest BCUT2D eigenvalue weighted by molar-refractivity contribution is 5.97. The Bertz CT molecular complexity index is 960. The van der Waals surface area contributed by atoms with Crippen LogP contribution in [0.1, 0.15) is 36.0 Å². The van der Waals surface area contributed by atoms with Crippen molar-refractivity contribution in [1.29, 1.82) is 0 Å². The molecule has 0 saturated carbocycles. The minimum atomic E-state index is 0.00419. The molecule has 8 heteroatoms. The van der Waals surface area contributed by atoms with Crippen molar-refractivity contribution in [3.05, 3.63) is 54.3 Å². The molecule has 0 spiro atoms. The molecular weight excluding hydrogens is 370 g/mol. The molecule has 1 fully saturated rings. The van der Waals surface area contributed by atoms with Gasteiger partial charge in [-0.25, -0.2) is 4.98 Å². The average molecular weight is 393 g/mol. The summed E-state index contributed by atoms with van der Waals surface area (Å²) >= 11 is 0. The number of piperidine rings is 1. The van der Waals surface area contributed by atoms with Gasteiger partial charge in [-0.15, -0.1) is 0 Å². The lowest BCUT2D eigenvalue weighted by molar-refractivity contribution is 0.0664. The molecule has 0 N–H and O–H groups in total. The molecule has 1 saturated heterocycles. The number of nitrogens with zero attached hydrogens (tertiary/aromatic N) is 5. The molecule has 1 atom stereocenters. The molecule has 1 amide bonds. The molecule has 4 rings (SSSR count). The Kier molecular flexibility index (Phi) is 5.79. The van der Waals surface area contributed by atoms with Gasteiger partial charge in [0.05, 0.1) is 18.4 Å². The second-order valence-corrected chi connectivity index (χ2v) is 7.00. The highest BCUT2D eigenvalue weighted by Gasteiger charge is 2.27. The minimum absolute atomic E-state index is 0.00419. The SMILES string of the molecule is CCOc1ccccc1C(=O)N1CCCC(Cc2nc(-c3cnccn3)no2)C1. The molecule has 0 bridgehead atoms. The third-order valence-electron chi connectivity index (χ3n) is 4.95. The zero-order chi connectivity index (χ0) is 20.1. The number of hydrogen-bond donors (Lipinski definition) is 0. The number of likely N-dealkylation sites (tertiary alicyclic amines) is 1.